The molecule has 86 valence electrons. The summed E-state index contributed by atoms with van der Waals surface area (Å²) < 4.78 is 18.5. The van der Waals surface area contributed by atoms with E-state index in [0.717, 1.165) is 0 Å². The first-order valence-corrected chi connectivity index (χ1v) is 5.00. The molecule has 0 radical (unpaired) electrons. The lowest BCUT2D eigenvalue weighted by molar-refractivity contribution is 0.0496. The Balaban J connectivity index is 2.17. The molecule has 1 unspecified atom stereocenters. The van der Waals surface area contributed by atoms with Crippen molar-refractivity contribution >= 4 is 11.7 Å². The molecule has 1 aliphatic heterocycles. The van der Waals surface area contributed by atoms with Crippen LogP contribution in [-0.2, 0) is 4.74 Å². The van der Waals surface area contributed by atoms with Crippen LogP contribution in [0.25, 0.3) is 0 Å². The fraction of sp³-hybridized carbons (Fsp3) is 0.364. The smallest absolute Gasteiger partial charge is 0.335 e. The molecule has 1 aromatic rings. The summed E-state index contributed by atoms with van der Waals surface area (Å²) in [7, 11) is 0. The van der Waals surface area contributed by atoms with Gasteiger partial charge in [-0.2, -0.15) is 0 Å². The number of anilines is 1. The highest BCUT2D eigenvalue weighted by Crippen LogP contribution is 2.20. The SMILES string of the molecule is O=C(O)c1ccc(N2CCOCC2F)cc1. The molecule has 0 amide bonds. The number of hydrogen-bond acceptors (Lipinski definition) is 3. The van der Waals surface area contributed by atoms with Crippen LogP contribution in [0, 0.1) is 0 Å². The maximum absolute atomic E-state index is 13.5. The average molecular weight is 225 g/mol. The summed E-state index contributed by atoms with van der Waals surface area (Å²) in [6, 6.07) is 6.17. The summed E-state index contributed by atoms with van der Waals surface area (Å²) in [5.74, 6) is -0.981. The summed E-state index contributed by atoms with van der Waals surface area (Å²) in [6.45, 7) is 1.02. The topological polar surface area (TPSA) is 49.8 Å². The van der Waals surface area contributed by atoms with Gasteiger partial charge in [0.1, 0.15) is 0 Å². The number of nitrogens with zero attached hydrogens (tertiary/aromatic N) is 1. The van der Waals surface area contributed by atoms with Gasteiger partial charge in [-0.3, -0.25) is 0 Å². The lowest BCUT2D eigenvalue weighted by Crippen LogP contribution is -2.42. The van der Waals surface area contributed by atoms with Crippen molar-refractivity contribution in [2.75, 3.05) is 24.7 Å². The number of rotatable bonds is 2. The van der Waals surface area contributed by atoms with Crippen molar-refractivity contribution in [3.05, 3.63) is 29.8 Å². The van der Waals surface area contributed by atoms with Crippen molar-refractivity contribution in [1.82, 2.24) is 0 Å². The number of halogens is 1. The summed E-state index contributed by atoms with van der Waals surface area (Å²) >= 11 is 0. The van der Waals surface area contributed by atoms with Crippen LogP contribution in [0.5, 0.6) is 0 Å². The second-order valence-corrected chi connectivity index (χ2v) is 3.55. The van der Waals surface area contributed by atoms with Crippen molar-refractivity contribution < 1.29 is 19.0 Å². The summed E-state index contributed by atoms with van der Waals surface area (Å²) in [5, 5.41) is 8.73. The van der Waals surface area contributed by atoms with E-state index < -0.39 is 12.3 Å². The molecule has 16 heavy (non-hydrogen) atoms. The van der Waals surface area contributed by atoms with Crippen LogP contribution in [0.1, 0.15) is 10.4 Å². The van der Waals surface area contributed by atoms with Crippen LogP contribution in [-0.4, -0.2) is 37.1 Å². The van der Waals surface area contributed by atoms with Crippen molar-refractivity contribution in [2.24, 2.45) is 0 Å². The van der Waals surface area contributed by atoms with E-state index in [9.17, 15) is 9.18 Å². The van der Waals surface area contributed by atoms with Crippen molar-refractivity contribution in [3.8, 4) is 0 Å². The first-order chi connectivity index (χ1) is 7.68. The van der Waals surface area contributed by atoms with E-state index in [0.29, 0.717) is 18.8 Å². The van der Waals surface area contributed by atoms with Crippen LogP contribution < -0.4 is 4.90 Å². The summed E-state index contributed by atoms with van der Waals surface area (Å²) in [4.78, 5) is 12.2. The molecule has 1 N–H and O–H groups in total. The predicted molar refractivity (Wildman–Crippen MR) is 56.5 cm³/mol. The largest absolute Gasteiger partial charge is 0.478 e. The highest BCUT2D eigenvalue weighted by Gasteiger charge is 2.22. The molecule has 1 saturated heterocycles. The molecule has 1 atom stereocenters. The molecule has 1 aliphatic rings. The fourth-order valence-electron chi connectivity index (χ4n) is 1.66. The minimum atomic E-state index is -1.16. The van der Waals surface area contributed by atoms with E-state index in [1.165, 1.54) is 12.1 Å². The minimum absolute atomic E-state index is 0.0562. The van der Waals surface area contributed by atoms with E-state index in [-0.39, 0.29) is 12.2 Å². The molecular formula is C11H12FNO3. The molecule has 1 fully saturated rings. The molecule has 0 saturated carbocycles. The molecule has 4 nitrogen and oxygen atoms in total. The molecule has 0 aromatic heterocycles. The van der Waals surface area contributed by atoms with E-state index in [1.807, 2.05) is 0 Å². The van der Waals surface area contributed by atoms with Crippen LogP contribution in [0.2, 0.25) is 0 Å². The van der Waals surface area contributed by atoms with Crippen LogP contribution in [0.15, 0.2) is 24.3 Å². The lowest BCUT2D eigenvalue weighted by Gasteiger charge is -2.32. The molecule has 0 bridgehead atoms. The maximum Gasteiger partial charge on any atom is 0.335 e. The second kappa shape index (κ2) is 4.49. The Kier molecular flexibility index (Phi) is 3.05. The number of carbonyl (C=O) groups is 1. The number of ether oxygens (including phenoxy) is 1. The van der Waals surface area contributed by atoms with E-state index in [4.69, 9.17) is 9.84 Å². The third kappa shape index (κ3) is 2.14. The molecule has 1 heterocycles. The number of benzene rings is 1. The Morgan fingerprint density at radius 1 is 1.44 bits per heavy atom. The van der Waals surface area contributed by atoms with Crippen molar-refractivity contribution in [2.45, 2.75) is 6.30 Å². The number of alkyl halides is 1. The first kappa shape index (κ1) is 10.9. The molecular weight excluding hydrogens is 213 g/mol. The molecule has 1 aromatic carbocycles. The fourth-order valence-corrected chi connectivity index (χ4v) is 1.66. The summed E-state index contributed by atoms with van der Waals surface area (Å²) in [6.07, 6.45) is -1.16. The third-order valence-electron chi connectivity index (χ3n) is 2.52. The number of carboxylic acid groups (broad SMARTS) is 1. The molecule has 0 spiro atoms. The van der Waals surface area contributed by atoms with Gasteiger partial charge in [-0.15, -0.1) is 0 Å². The average Bonchev–Trinajstić information content (AvgIpc) is 2.30. The monoisotopic (exact) mass is 225 g/mol. The van der Waals surface area contributed by atoms with Gasteiger partial charge in [-0.05, 0) is 24.3 Å². The van der Waals surface area contributed by atoms with E-state index in [2.05, 4.69) is 0 Å². The van der Waals surface area contributed by atoms with Gasteiger partial charge in [0.2, 0.25) is 0 Å². The molecule has 0 aliphatic carbocycles. The van der Waals surface area contributed by atoms with Gasteiger partial charge >= 0.3 is 5.97 Å². The Morgan fingerprint density at radius 2 is 2.12 bits per heavy atom. The van der Waals surface area contributed by atoms with Gasteiger partial charge in [0.25, 0.3) is 0 Å². The molecule has 2 rings (SSSR count). The highest BCUT2D eigenvalue weighted by molar-refractivity contribution is 5.88. The zero-order valence-corrected chi connectivity index (χ0v) is 8.60. The Bertz CT molecular complexity index is 379. The summed E-state index contributed by atoms with van der Waals surface area (Å²) in [5.41, 5.74) is 0.883. The number of hydrogen-bond donors (Lipinski definition) is 1. The van der Waals surface area contributed by atoms with Crippen LogP contribution >= 0.6 is 0 Å². The second-order valence-electron chi connectivity index (χ2n) is 3.55. The number of carboxylic acids is 1. The normalized spacial score (nSPS) is 20.8. The zero-order chi connectivity index (χ0) is 11.5. The van der Waals surface area contributed by atoms with Gasteiger partial charge in [-0.1, -0.05) is 0 Å². The van der Waals surface area contributed by atoms with Gasteiger partial charge < -0.3 is 14.7 Å². The number of morpholine rings is 1. The maximum atomic E-state index is 13.5. The highest BCUT2D eigenvalue weighted by atomic mass is 19.1. The van der Waals surface area contributed by atoms with Gasteiger partial charge in [0.05, 0.1) is 18.8 Å². The van der Waals surface area contributed by atoms with Crippen LogP contribution in [0.4, 0.5) is 10.1 Å². The van der Waals surface area contributed by atoms with Crippen molar-refractivity contribution in [3.63, 3.8) is 0 Å². The standard InChI is InChI=1S/C11H12FNO3/c12-10-7-16-6-5-13(10)9-3-1-8(2-4-9)11(14)15/h1-4,10H,5-7H2,(H,14,15). The van der Waals surface area contributed by atoms with Gasteiger partial charge in [0, 0.05) is 12.2 Å². The van der Waals surface area contributed by atoms with Gasteiger partial charge in [-0.25, -0.2) is 9.18 Å². The van der Waals surface area contributed by atoms with E-state index in [1.54, 1.807) is 17.0 Å². The Morgan fingerprint density at radius 3 is 2.69 bits per heavy atom. The third-order valence-corrected chi connectivity index (χ3v) is 2.52. The van der Waals surface area contributed by atoms with Crippen molar-refractivity contribution in [1.29, 1.82) is 0 Å². The number of aromatic carboxylic acids is 1. The zero-order valence-electron chi connectivity index (χ0n) is 8.60. The Hall–Kier alpha value is -1.62. The Labute approximate surface area is 92.2 Å². The quantitative estimate of drug-likeness (QED) is 0.775. The molecule has 5 heteroatoms. The van der Waals surface area contributed by atoms with Crippen LogP contribution in [0.3, 0.4) is 0 Å². The predicted octanol–water partition coefficient (Wildman–Crippen LogP) is 1.52. The first-order valence-electron chi connectivity index (χ1n) is 5.00. The van der Waals surface area contributed by atoms with Gasteiger partial charge in [0.15, 0.2) is 6.30 Å². The lowest BCUT2D eigenvalue weighted by atomic mass is 10.2. The minimum Gasteiger partial charge on any atom is -0.478 e. The van der Waals surface area contributed by atoms with E-state index >= 15 is 0 Å².